The van der Waals surface area contributed by atoms with Crippen LogP contribution in [0, 0.1) is 6.92 Å². The molecule has 0 fully saturated rings. The van der Waals surface area contributed by atoms with Gasteiger partial charge in [-0.25, -0.2) is 9.78 Å². The van der Waals surface area contributed by atoms with Crippen LogP contribution in [0.15, 0.2) is 47.8 Å². The van der Waals surface area contributed by atoms with E-state index in [0.717, 1.165) is 11.3 Å². The number of carbonyl (C=O) groups is 1. The first-order valence-electron chi connectivity index (χ1n) is 7.59. The average Bonchev–Trinajstić information content (AvgIpc) is 3.03. The molecule has 4 N–H and O–H groups in total. The second kappa shape index (κ2) is 7.51. The van der Waals surface area contributed by atoms with E-state index in [4.69, 9.17) is 17.3 Å². The molecule has 132 valence electrons. The SMILES string of the molecule is Cc1ccc(-c2csc(NC(=S)Nc3ccc(C(=O)O)c(O)c3)n2)cc1. The first kappa shape index (κ1) is 17.8. The van der Waals surface area contributed by atoms with Gasteiger partial charge < -0.3 is 20.8 Å². The minimum atomic E-state index is -1.19. The van der Waals surface area contributed by atoms with E-state index in [1.807, 2.05) is 36.6 Å². The summed E-state index contributed by atoms with van der Waals surface area (Å²) in [5.74, 6) is -1.53. The summed E-state index contributed by atoms with van der Waals surface area (Å²) in [5.41, 5.74) is 3.36. The van der Waals surface area contributed by atoms with Gasteiger partial charge in [-0.2, -0.15) is 0 Å². The predicted octanol–water partition coefficient (Wildman–Crippen LogP) is 4.33. The summed E-state index contributed by atoms with van der Waals surface area (Å²) in [5, 5.41) is 27.4. The van der Waals surface area contributed by atoms with Gasteiger partial charge in [0.25, 0.3) is 0 Å². The van der Waals surface area contributed by atoms with Crippen molar-refractivity contribution in [2.24, 2.45) is 0 Å². The summed E-state index contributed by atoms with van der Waals surface area (Å²) >= 11 is 6.66. The van der Waals surface area contributed by atoms with Crippen LogP contribution in [0.2, 0.25) is 0 Å². The van der Waals surface area contributed by atoms with Crippen LogP contribution in [0.5, 0.6) is 5.75 Å². The zero-order valence-electron chi connectivity index (χ0n) is 13.7. The molecular weight excluding hydrogens is 370 g/mol. The van der Waals surface area contributed by atoms with Crippen LogP contribution in [0.3, 0.4) is 0 Å². The molecule has 0 aliphatic heterocycles. The van der Waals surface area contributed by atoms with Gasteiger partial charge in [0.15, 0.2) is 10.2 Å². The zero-order chi connectivity index (χ0) is 18.7. The molecular formula is C18H15N3O3S2. The first-order chi connectivity index (χ1) is 12.4. The average molecular weight is 385 g/mol. The van der Waals surface area contributed by atoms with Crippen molar-refractivity contribution in [1.29, 1.82) is 0 Å². The lowest BCUT2D eigenvalue weighted by Crippen LogP contribution is -2.19. The smallest absolute Gasteiger partial charge is 0.339 e. The molecule has 3 aromatic rings. The molecule has 6 nitrogen and oxygen atoms in total. The zero-order valence-corrected chi connectivity index (χ0v) is 15.3. The van der Waals surface area contributed by atoms with Crippen LogP contribution >= 0.6 is 23.6 Å². The minimum absolute atomic E-state index is 0.169. The summed E-state index contributed by atoms with van der Waals surface area (Å²) in [6, 6.07) is 12.2. The van der Waals surface area contributed by atoms with Gasteiger partial charge in [0.1, 0.15) is 11.3 Å². The Hall–Kier alpha value is -2.97. The lowest BCUT2D eigenvalue weighted by Gasteiger charge is -2.09. The highest BCUT2D eigenvalue weighted by Gasteiger charge is 2.11. The molecule has 0 atom stereocenters. The van der Waals surface area contributed by atoms with Crippen molar-refractivity contribution in [2.75, 3.05) is 10.6 Å². The number of rotatable bonds is 4. The number of anilines is 2. The molecule has 0 aliphatic rings. The van der Waals surface area contributed by atoms with Gasteiger partial charge in [-0.15, -0.1) is 11.3 Å². The van der Waals surface area contributed by atoms with Crippen LogP contribution in [0.1, 0.15) is 15.9 Å². The number of phenols is 1. The third-order valence-corrected chi connectivity index (χ3v) is 4.52. The maximum absolute atomic E-state index is 10.9. The summed E-state index contributed by atoms with van der Waals surface area (Å²) in [4.78, 5) is 15.4. The van der Waals surface area contributed by atoms with Crippen molar-refractivity contribution in [2.45, 2.75) is 6.92 Å². The van der Waals surface area contributed by atoms with Crippen LogP contribution < -0.4 is 10.6 Å². The lowest BCUT2D eigenvalue weighted by atomic mass is 10.1. The topological polar surface area (TPSA) is 94.5 Å². The number of nitrogens with one attached hydrogen (secondary N) is 2. The summed E-state index contributed by atoms with van der Waals surface area (Å²) in [6.45, 7) is 2.03. The van der Waals surface area contributed by atoms with E-state index in [0.29, 0.717) is 10.8 Å². The van der Waals surface area contributed by atoms with Gasteiger partial charge in [0.2, 0.25) is 0 Å². The number of thiazole rings is 1. The number of aromatic nitrogens is 1. The Bertz CT molecular complexity index is 968. The van der Waals surface area contributed by atoms with Crippen LogP contribution in [-0.4, -0.2) is 26.3 Å². The molecule has 0 saturated carbocycles. The highest BCUT2D eigenvalue weighted by Crippen LogP contribution is 2.26. The first-order valence-corrected chi connectivity index (χ1v) is 8.88. The molecule has 0 aliphatic carbocycles. The molecule has 3 rings (SSSR count). The van der Waals surface area contributed by atoms with E-state index in [9.17, 15) is 9.90 Å². The molecule has 0 spiro atoms. The van der Waals surface area contributed by atoms with Gasteiger partial charge in [-0.05, 0) is 31.3 Å². The standard InChI is InChI=1S/C18H15N3O3S2/c1-10-2-4-11(5-3-10)14-9-26-18(20-14)21-17(25)19-12-6-7-13(16(23)24)15(22)8-12/h2-9,22H,1H3,(H,23,24)(H2,19,20,21,25). The van der Waals surface area contributed by atoms with Crippen molar-refractivity contribution in [3.8, 4) is 17.0 Å². The van der Waals surface area contributed by atoms with Crippen molar-refractivity contribution in [1.82, 2.24) is 4.98 Å². The third-order valence-electron chi connectivity index (χ3n) is 3.56. The highest BCUT2D eigenvalue weighted by atomic mass is 32.1. The Labute approximate surface area is 159 Å². The number of aromatic carboxylic acids is 1. The fraction of sp³-hybridized carbons (Fsp3) is 0.0556. The van der Waals surface area contributed by atoms with Crippen molar-refractivity contribution < 1.29 is 15.0 Å². The lowest BCUT2D eigenvalue weighted by molar-refractivity contribution is 0.0694. The third kappa shape index (κ3) is 4.16. The van der Waals surface area contributed by atoms with E-state index in [-0.39, 0.29) is 16.4 Å². The molecule has 2 aromatic carbocycles. The van der Waals surface area contributed by atoms with Gasteiger partial charge in [-0.1, -0.05) is 29.8 Å². The number of carboxylic acid groups (broad SMARTS) is 1. The maximum Gasteiger partial charge on any atom is 0.339 e. The summed E-state index contributed by atoms with van der Waals surface area (Å²) in [6.07, 6.45) is 0. The van der Waals surface area contributed by atoms with Gasteiger partial charge in [0.05, 0.1) is 5.69 Å². The number of carboxylic acids is 1. The molecule has 0 unspecified atom stereocenters. The number of thiocarbonyl (C=S) groups is 1. The predicted molar refractivity (Wildman–Crippen MR) is 107 cm³/mol. The molecule has 0 bridgehead atoms. The van der Waals surface area contributed by atoms with Gasteiger partial charge in [-0.3, -0.25) is 0 Å². The maximum atomic E-state index is 10.9. The van der Waals surface area contributed by atoms with E-state index in [1.54, 1.807) is 0 Å². The van der Waals surface area contributed by atoms with Crippen molar-refractivity contribution in [3.05, 3.63) is 59.0 Å². The summed E-state index contributed by atoms with van der Waals surface area (Å²) in [7, 11) is 0. The van der Waals surface area contributed by atoms with E-state index in [1.165, 1.54) is 35.1 Å². The Morgan fingerprint density at radius 2 is 1.88 bits per heavy atom. The number of benzene rings is 2. The Morgan fingerprint density at radius 1 is 1.15 bits per heavy atom. The quantitative estimate of drug-likeness (QED) is 0.497. The number of aryl methyl sites for hydroxylation is 1. The molecule has 0 amide bonds. The summed E-state index contributed by atoms with van der Waals surface area (Å²) < 4.78 is 0. The molecule has 0 saturated heterocycles. The van der Waals surface area contributed by atoms with Crippen LogP contribution in [0.4, 0.5) is 10.8 Å². The van der Waals surface area contributed by atoms with Crippen molar-refractivity contribution >= 4 is 45.5 Å². The van der Waals surface area contributed by atoms with Gasteiger partial charge in [0, 0.05) is 22.7 Å². The van der Waals surface area contributed by atoms with Gasteiger partial charge >= 0.3 is 5.97 Å². The van der Waals surface area contributed by atoms with E-state index in [2.05, 4.69) is 15.6 Å². The van der Waals surface area contributed by atoms with Crippen LogP contribution in [0.25, 0.3) is 11.3 Å². The number of hydrogen-bond donors (Lipinski definition) is 4. The Morgan fingerprint density at radius 3 is 2.54 bits per heavy atom. The van der Waals surface area contributed by atoms with E-state index >= 15 is 0 Å². The highest BCUT2D eigenvalue weighted by molar-refractivity contribution is 7.80. The Balaban J connectivity index is 1.66. The molecule has 1 heterocycles. The Kier molecular flexibility index (Phi) is 5.15. The van der Waals surface area contributed by atoms with Crippen molar-refractivity contribution in [3.63, 3.8) is 0 Å². The fourth-order valence-electron chi connectivity index (χ4n) is 2.24. The monoisotopic (exact) mass is 385 g/mol. The minimum Gasteiger partial charge on any atom is -0.507 e. The number of hydrogen-bond acceptors (Lipinski definition) is 5. The fourth-order valence-corrected chi connectivity index (χ4v) is 3.24. The van der Waals surface area contributed by atoms with E-state index < -0.39 is 5.97 Å². The largest absolute Gasteiger partial charge is 0.507 e. The number of aromatic hydroxyl groups is 1. The molecule has 8 heteroatoms. The molecule has 26 heavy (non-hydrogen) atoms. The second-order valence-electron chi connectivity index (χ2n) is 5.52. The van der Waals surface area contributed by atoms with Crippen LogP contribution in [-0.2, 0) is 0 Å². The molecule has 1 aromatic heterocycles. The second-order valence-corrected chi connectivity index (χ2v) is 6.79. The normalized spacial score (nSPS) is 10.3. The molecule has 0 radical (unpaired) electrons. The number of nitrogens with zero attached hydrogens (tertiary/aromatic N) is 1.